The fourth-order valence-corrected chi connectivity index (χ4v) is 6.42. The smallest absolute Gasteiger partial charge is 0.113 e. The van der Waals surface area contributed by atoms with E-state index in [0.717, 1.165) is 33.4 Å². The number of rotatable bonds is 2. The van der Waals surface area contributed by atoms with Crippen LogP contribution in [0.5, 0.6) is 0 Å². The van der Waals surface area contributed by atoms with Gasteiger partial charge in [-0.2, -0.15) is 0 Å². The van der Waals surface area contributed by atoms with Gasteiger partial charge in [0.25, 0.3) is 0 Å². The molecule has 0 spiro atoms. The highest BCUT2D eigenvalue weighted by Crippen LogP contribution is 2.59. The van der Waals surface area contributed by atoms with Crippen LogP contribution < -0.4 is 0 Å². The molecule has 0 radical (unpaired) electrons. The van der Waals surface area contributed by atoms with E-state index in [1.165, 1.54) is 16.7 Å². The number of fused-ring (bicyclic) bond motifs is 7. The van der Waals surface area contributed by atoms with Crippen LogP contribution in [0.3, 0.4) is 0 Å². The highest BCUT2D eigenvalue weighted by atomic mass is 16.5. The van der Waals surface area contributed by atoms with Gasteiger partial charge in [-0.25, -0.2) is 0 Å². The third-order valence-electron chi connectivity index (χ3n) is 8.00. The largest absolute Gasteiger partial charge is 0.381 e. The van der Waals surface area contributed by atoms with Crippen LogP contribution in [0.25, 0.3) is 5.57 Å². The molecule has 7 rings (SSSR count). The average molecular weight is 455 g/mol. The molecule has 2 heteroatoms. The first kappa shape index (κ1) is 20.6. The van der Waals surface area contributed by atoms with Gasteiger partial charge >= 0.3 is 0 Å². The lowest BCUT2D eigenvalue weighted by Crippen LogP contribution is -2.39. The average Bonchev–Trinajstić information content (AvgIpc) is 3.17. The van der Waals surface area contributed by atoms with Crippen molar-refractivity contribution in [3.8, 4) is 0 Å². The van der Waals surface area contributed by atoms with Gasteiger partial charge < -0.3 is 9.84 Å². The molecule has 1 aliphatic heterocycles. The predicted molar refractivity (Wildman–Crippen MR) is 139 cm³/mol. The molecule has 35 heavy (non-hydrogen) atoms. The second kappa shape index (κ2) is 7.39. The summed E-state index contributed by atoms with van der Waals surface area (Å²) in [7, 11) is 0. The summed E-state index contributed by atoms with van der Waals surface area (Å²) in [6.07, 6.45) is 2.17. The minimum absolute atomic E-state index is 0.216. The third kappa shape index (κ3) is 2.78. The zero-order chi connectivity index (χ0) is 23.6. The van der Waals surface area contributed by atoms with Crippen LogP contribution in [-0.4, -0.2) is 11.7 Å². The van der Waals surface area contributed by atoms with E-state index >= 15 is 0 Å². The van der Waals surface area contributed by atoms with Crippen LogP contribution in [0.2, 0.25) is 0 Å². The Hall–Kier alpha value is -3.72. The van der Waals surface area contributed by atoms with Crippen molar-refractivity contribution in [2.45, 2.75) is 24.0 Å². The zero-order valence-corrected chi connectivity index (χ0v) is 19.6. The summed E-state index contributed by atoms with van der Waals surface area (Å²) >= 11 is 0. The first-order valence-electron chi connectivity index (χ1n) is 12.2. The van der Waals surface area contributed by atoms with E-state index in [0.29, 0.717) is 6.61 Å². The summed E-state index contributed by atoms with van der Waals surface area (Å²) < 4.78 is 6.82. The van der Waals surface area contributed by atoms with Crippen molar-refractivity contribution in [1.82, 2.24) is 0 Å². The van der Waals surface area contributed by atoms with Crippen molar-refractivity contribution >= 4 is 5.57 Å². The van der Waals surface area contributed by atoms with Gasteiger partial charge in [0.2, 0.25) is 0 Å². The second-order valence-electron chi connectivity index (χ2n) is 9.95. The lowest BCUT2D eigenvalue weighted by Gasteiger charge is -2.44. The van der Waals surface area contributed by atoms with Crippen LogP contribution >= 0.6 is 0 Å². The van der Waals surface area contributed by atoms with Crippen molar-refractivity contribution in [3.63, 3.8) is 0 Å². The van der Waals surface area contributed by atoms with E-state index in [-0.39, 0.29) is 6.10 Å². The molecule has 2 nitrogen and oxygen atoms in total. The van der Waals surface area contributed by atoms with Gasteiger partial charge in [-0.3, -0.25) is 0 Å². The minimum Gasteiger partial charge on any atom is -0.381 e. The lowest BCUT2D eigenvalue weighted by molar-refractivity contribution is 0.0357. The SMILES string of the molecule is CC1(O)C2=C(c3ccccc3C3OCC(c4ccccc4)(c4ccccc4)C=C23)c2ccccc21. The molecular weight excluding hydrogens is 428 g/mol. The minimum atomic E-state index is -1.11. The van der Waals surface area contributed by atoms with Gasteiger partial charge in [0, 0.05) is 5.57 Å². The summed E-state index contributed by atoms with van der Waals surface area (Å²) in [5, 5.41) is 12.1. The van der Waals surface area contributed by atoms with Crippen LogP contribution in [0.1, 0.15) is 46.4 Å². The fraction of sp³-hybridized carbons (Fsp3) is 0.152. The summed E-state index contributed by atoms with van der Waals surface area (Å²) in [4.78, 5) is 0. The summed E-state index contributed by atoms with van der Waals surface area (Å²) in [5.74, 6) is 0. The topological polar surface area (TPSA) is 29.5 Å². The predicted octanol–water partition coefficient (Wildman–Crippen LogP) is 6.71. The molecule has 2 unspecified atom stereocenters. The zero-order valence-electron chi connectivity index (χ0n) is 19.6. The maximum absolute atomic E-state index is 12.1. The Labute approximate surface area is 205 Å². The molecular formula is C33H26O2. The highest BCUT2D eigenvalue weighted by Gasteiger charge is 2.50. The van der Waals surface area contributed by atoms with Crippen molar-refractivity contribution < 1.29 is 9.84 Å². The summed E-state index contributed by atoms with van der Waals surface area (Å²) in [6.45, 7) is 2.46. The van der Waals surface area contributed by atoms with Gasteiger partial charge in [-0.15, -0.1) is 0 Å². The molecule has 0 aromatic heterocycles. The van der Waals surface area contributed by atoms with Gasteiger partial charge in [-0.1, -0.05) is 115 Å². The highest BCUT2D eigenvalue weighted by molar-refractivity contribution is 5.95. The quantitative estimate of drug-likeness (QED) is 0.365. The lowest BCUT2D eigenvalue weighted by atomic mass is 9.67. The van der Waals surface area contributed by atoms with Crippen LogP contribution in [0, 0.1) is 0 Å². The number of benzene rings is 4. The van der Waals surface area contributed by atoms with E-state index in [1.807, 2.05) is 13.0 Å². The first-order chi connectivity index (χ1) is 17.1. The van der Waals surface area contributed by atoms with E-state index in [4.69, 9.17) is 4.74 Å². The Morgan fingerprint density at radius 3 is 1.97 bits per heavy atom. The maximum Gasteiger partial charge on any atom is 0.113 e. The molecule has 0 saturated heterocycles. The standard InChI is InChI=1S/C33H26O2/c1-32(34)28-19-11-10-18-26(28)29-24-16-8-9-17-25(24)31-27(30(29)32)20-33(21-35-31,22-12-4-2-5-13-22)23-14-6-3-7-15-23/h2-20,31,34H,21H2,1H3. The molecule has 4 aromatic rings. The third-order valence-corrected chi connectivity index (χ3v) is 8.00. The van der Waals surface area contributed by atoms with Crippen LogP contribution in [0.15, 0.2) is 126 Å². The Morgan fingerprint density at radius 2 is 1.29 bits per heavy atom. The molecule has 1 heterocycles. The fourth-order valence-electron chi connectivity index (χ4n) is 6.42. The second-order valence-corrected chi connectivity index (χ2v) is 9.95. The number of hydrogen-bond donors (Lipinski definition) is 1. The first-order valence-corrected chi connectivity index (χ1v) is 12.2. The molecule has 0 saturated carbocycles. The van der Waals surface area contributed by atoms with Gasteiger partial charge in [-0.05, 0) is 51.5 Å². The van der Waals surface area contributed by atoms with Crippen molar-refractivity contribution in [3.05, 3.63) is 160 Å². The van der Waals surface area contributed by atoms with Crippen LogP contribution in [0.4, 0.5) is 0 Å². The molecule has 0 amide bonds. The van der Waals surface area contributed by atoms with Gasteiger partial charge in [0.1, 0.15) is 11.7 Å². The number of ether oxygens (including phenoxy) is 1. The maximum atomic E-state index is 12.1. The van der Waals surface area contributed by atoms with Gasteiger partial charge in [0.15, 0.2) is 0 Å². The van der Waals surface area contributed by atoms with E-state index < -0.39 is 11.0 Å². The Bertz CT molecular complexity index is 1470. The van der Waals surface area contributed by atoms with Gasteiger partial charge in [0.05, 0.1) is 12.0 Å². The summed E-state index contributed by atoms with van der Waals surface area (Å²) in [5.41, 5.74) is 8.36. The monoisotopic (exact) mass is 454 g/mol. The molecule has 2 atom stereocenters. The molecule has 3 aliphatic rings. The molecule has 0 bridgehead atoms. The Kier molecular flexibility index (Phi) is 4.36. The number of hydrogen-bond acceptors (Lipinski definition) is 2. The molecule has 2 aliphatic carbocycles. The normalized spacial score (nSPS) is 23.6. The van der Waals surface area contributed by atoms with Crippen molar-refractivity contribution in [1.29, 1.82) is 0 Å². The number of aliphatic hydroxyl groups is 1. The molecule has 4 aromatic carbocycles. The molecule has 170 valence electrons. The molecule has 0 fully saturated rings. The molecule has 1 N–H and O–H groups in total. The van der Waals surface area contributed by atoms with Crippen molar-refractivity contribution in [2.24, 2.45) is 0 Å². The van der Waals surface area contributed by atoms with Crippen LogP contribution in [-0.2, 0) is 15.8 Å². The summed E-state index contributed by atoms with van der Waals surface area (Å²) in [6, 6.07) is 38.0. The van der Waals surface area contributed by atoms with E-state index in [9.17, 15) is 5.11 Å². The van der Waals surface area contributed by atoms with E-state index in [2.05, 4.69) is 109 Å². The van der Waals surface area contributed by atoms with Crippen molar-refractivity contribution in [2.75, 3.05) is 6.61 Å². The van der Waals surface area contributed by atoms with E-state index in [1.54, 1.807) is 0 Å². The Balaban J connectivity index is 1.57. The Morgan fingerprint density at radius 1 is 0.714 bits per heavy atom.